The van der Waals surface area contributed by atoms with Gasteiger partial charge >= 0.3 is 0 Å². The normalized spacial score (nSPS) is 19.6. The maximum absolute atomic E-state index is 11.6. The highest BCUT2D eigenvalue weighted by Gasteiger charge is 2.36. The van der Waals surface area contributed by atoms with Gasteiger partial charge in [0.2, 0.25) is 5.91 Å². The maximum Gasteiger partial charge on any atom is 0.240 e. The molecule has 0 aromatic heterocycles. The molecule has 1 saturated carbocycles. The Bertz CT molecular complexity index is 189. The van der Waals surface area contributed by atoms with E-state index in [0.717, 1.165) is 38.5 Å². The topological polar surface area (TPSA) is 75.4 Å². The average molecular weight is 200 g/mol. The quantitative estimate of drug-likeness (QED) is 0.553. The lowest BCUT2D eigenvalue weighted by Gasteiger charge is -2.22. The van der Waals surface area contributed by atoms with Crippen molar-refractivity contribution >= 4 is 5.91 Å². The molecule has 0 bridgehead atoms. The summed E-state index contributed by atoms with van der Waals surface area (Å²) < 4.78 is 0. The van der Waals surface area contributed by atoms with Gasteiger partial charge in [-0.3, -0.25) is 4.79 Å². The largest absolute Gasteiger partial charge is 0.396 e. The molecule has 4 nitrogen and oxygen atoms in total. The van der Waals surface area contributed by atoms with Gasteiger partial charge in [0.15, 0.2) is 0 Å². The monoisotopic (exact) mass is 200 g/mol. The van der Waals surface area contributed by atoms with Crippen molar-refractivity contribution in [1.82, 2.24) is 5.32 Å². The zero-order chi connectivity index (χ0) is 10.4. The van der Waals surface area contributed by atoms with E-state index >= 15 is 0 Å². The highest BCUT2D eigenvalue weighted by atomic mass is 16.2. The molecule has 0 aliphatic heterocycles. The molecule has 0 spiro atoms. The summed E-state index contributed by atoms with van der Waals surface area (Å²) in [6.45, 7) is 0.808. The predicted octanol–water partition coefficient (Wildman–Crippen LogP) is 0.147. The Morgan fingerprint density at radius 2 is 2.00 bits per heavy atom. The molecule has 0 aromatic rings. The van der Waals surface area contributed by atoms with Gasteiger partial charge in [-0.25, -0.2) is 0 Å². The minimum Gasteiger partial charge on any atom is -0.396 e. The van der Waals surface area contributed by atoms with Crippen LogP contribution in [0.2, 0.25) is 0 Å². The van der Waals surface area contributed by atoms with Crippen LogP contribution in [0.1, 0.15) is 38.5 Å². The van der Waals surface area contributed by atoms with Crippen molar-refractivity contribution in [3.8, 4) is 0 Å². The smallest absolute Gasteiger partial charge is 0.240 e. The van der Waals surface area contributed by atoms with Crippen LogP contribution in [0.3, 0.4) is 0 Å². The molecule has 0 radical (unpaired) electrons. The van der Waals surface area contributed by atoms with E-state index in [1.165, 1.54) is 0 Å². The van der Waals surface area contributed by atoms with Crippen LogP contribution >= 0.6 is 0 Å². The lowest BCUT2D eigenvalue weighted by Crippen LogP contribution is -2.52. The lowest BCUT2D eigenvalue weighted by molar-refractivity contribution is -0.126. The number of carbonyl (C=O) groups excluding carboxylic acids is 1. The van der Waals surface area contributed by atoms with Crippen LogP contribution in [0.25, 0.3) is 0 Å². The molecule has 4 N–H and O–H groups in total. The minimum atomic E-state index is -0.612. The van der Waals surface area contributed by atoms with Gasteiger partial charge in [0.05, 0.1) is 5.54 Å². The molecular formula is C10H20N2O2. The average Bonchev–Trinajstić information content (AvgIpc) is 2.61. The Kier molecular flexibility index (Phi) is 4.35. The van der Waals surface area contributed by atoms with Crippen LogP contribution in [0.5, 0.6) is 0 Å². The number of hydrogen-bond acceptors (Lipinski definition) is 3. The third kappa shape index (κ3) is 2.96. The van der Waals surface area contributed by atoms with E-state index in [9.17, 15) is 4.79 Å². The van der Waals surface area contributed by atoms with Crippen LogP contribution in [0, 0.1) is 0 Å². The van der Waals surface area contributed by atoms with Crippen molar-refractivity contribution in [1.29, 1.82) is 0 Å². The Balaban J connectivity index is 2.20. The fourth-order valence-electron chi connectivity index (χ4n) is 1.85. The van der Waals surface area contributed by atoms with E-state index in [0.29, 0.717) is 6.54 Å². The van der Waals surface area contributed by atoms with Crippen LogP contribution in [0.4, 0.5) is 0 Å². The Hall–Kier alpha value is -0.610. The van der Waals surface area contributed by atoms with E-state index in [4.69, 9.17) is 10.8 Å². The molecule has 82 valence electrons. The van der Waals surface area contributed by atoms with Gasteiger partial charge in [0.1, 0.15) is 0 Å². The summed E-state index contributed by atoms with van der Waals surface area (Å²) in [6.07, 6.45) is 5.27. The second-order valence-electron chi connectivity index (χ2n) is 4.05. The number of unbranched alkanes of at least 4 members (excludes halogenated alkanes) is 1. The SMILES string of the molecule is NC1(C(=O)NCCCCO)CCCC1. The van der Waals surface area contributed by atoms with E-state index in [1.807, 2.05) is 0 Å². The Labute approximate surface area is 84.9 Å². The summed E-state index contributed by atoms with van der Waals surface area (Å²) in [7, 11) is 0. The van der Waals surface area contributed by atoms with Gasteiger partial charge in [-0.15, -0.1) is 0 Å². The van der Waals surface area contributed by atoms with Crippen LogP contribution in [0.15, 0.2) is 0 Å². The highest BCUT2D eigenvalue weighted by molar-refractivity contribution is 5.86. The Morgan fingerprint density at radius 3 is 2.57 bits per heavy atom. The van der Waals surface area contributed by atoms with Gasteiger partial charge in [-0.1, -0.05) is 12.8 Å². The number of rotatable bonds is 5. The summed E-state index contributed by atoms with van der Waals surface area (Å²) in [4.78, 5) is 11.6. The first-order valence-corrected chi connectivity index (χ1v) is 5.37. The van der Waals surface area contributed by atoms with Gasteiger partial charge < -0.3 is 16.2 Å². The summed E-state index contributed by atoms with van der Waals surface area (Å²) >= 11 is 0. The predicted molar refractivity (Wildman–Crippen MR) is 54.7 cm³/mol. The lowest BCUT2D eigenvalue weighted by atomic mass is 9.98. The van der Waals surface area contributed by atoms with E-state index in [2.05, 4.69) is 5.32 Å². The molecule has 1 aliphatic carbocycles. The summed E-state index contributed by atoms with van der Waals surface area (Å²) in [6, 6.07) is 0. The third-order valence-corrected chi connectivity index (χ3v) is 2.82. The molecule has 0 saturated heterocycles. The zero-order valence-corrected chi connectivity index (χ0v) is 8.59. The fraction of sp³-hybridized carbons (Fsp3) is 0.900. The van der Waals surface area contributed by atoms with Crippen LogP contribution < -0.4 is 11.1 Å². The molecule has 14 heavy (non-hydrogen) atoms. The molecule has 0 heterocycles. The van der Waals surface area contributed by atoms with Gasteiger partial charge in [0.25, 0.3) is 0 Å². The molecule has 1 rings (SSSR count). The second-order valence-corrected chi connectivity index (χ2v) is 4.05. The molecule has 0 aromatic carbocycles. The zero-order valence-electron chi connectivity index (χ0n) is 8.59. The first kappa shape index (κ1) is 11.5. The number of nitrogens with one attached hydrogen (secondary N) is 1. The molecule has 1 aliphatic rings. The molecule has 1 amide bonds. The number of aliphatic hydroxyl groups excluding tert-OH is 1. The van der Waals surface area contributed by atoms with Gasteiger partial charge in [-0.2, -0.15) is 0 Å². The number of carbonyl (C=O) groups is 1. The highest BCUT2D eigenvalue weighted by Crippen LogP contribution is 2.27. The molecule has 1 fully saturated rings. The van der Waals surface area contributed by atoms with Crippen molar-refractivity contribution in [3.05, 3.63) is 0 Å². The van der Waals surface area contributed by atoms with Gasteiger partial charge in [-0.05, 0) is 25.7 Å². The maximum atomic E-state index is 11.6. The van der Waals surface area contributed by atoms with Crippen molar-refractivity contribution < 1.29 is 9.90 Å². The third-order valence-electron chi connectivity index (χ3n) is 2.82. The standard InChI is InChI=1S/C10H20N2O2/c11-10(5-1-2-6-10)9(14)12-7-3-4-8-13/h13H,1-8,11H2,(H,12,14). The van der Waals surface area contributed by atoms with E-state index < -0.39 is 5.54 Å². The number of aliphatic hydroxyl groups is 1. The fourth-order valence-corrected chi connectivity index (χ4v) is 1.85. The minimum absolute atomic E-state index is 0.0204. The molecule has 0 atom stereocenters. The second kappa shape index (κ2) is 5.32. The first-order valence-electron chi connectivity index (χ1n) is 5.37. The van der Waals surface area contributed by atoms with Crippen molar-refractivity contribution in [2.45, 2.75) is 44.1 Å². The van der Waals surface area contributed by atoms with E-state index in [-0.39, 0.29) is 12.5 Å². The van der Waals surface area contributed by atoms with Crippen LogP contribution in [-0.2, 0) is 4.79 Å². The van der Waals surface area contributed by atoms with Gasteiger partial charge in [0, 0.05) is 13.2 Å². The molecule has 0 unspecified atom stereocenters. The summed E-state index contributed by atoms with van der Waals surface area (Å²) in [5.74, 6) is -0.0204. The van der Waals surface area contributed by atoms with Crippen molar-refractivity contribution in [3.63, 3.8) is 0 Å². The van der Waals surface area contributed by atoms with Crippen LogP contribution in [-0.4, -0.2) is 29.7 Å². The molecular weight excluding hydrogens is 180 g/mol. The number of amides is 1. The number of nitrogens with two attached hydrogens (primary N) is 1. The summed E-state index contributed by atoms with van der Waals surface area (Å²) in [5.41, 5.74) is 5.34. The first-order chi connectivity index (χ1) is 6.69. The van der Waals surface area contributed by atoms with Crippen molar-refractivity contribution in [2.24, 2.45) is 5.73 Å². The van der Waals surface area contributed by atoms with Crippen molar-refractivity contribution in [2.75, 3.05) is 13.2 Å². The molecule has 4 heteroatoms. The number of hydrogen-bond donors (Lipinski definition) is 3. The summed E-state index contributed by atoms with van der Waals surface area (Å²) in [5, 5.41) is 11.4. The van der Waals surface area contributed by atoms with E-state index in [1.54, 1.807) is 0 Å². The Morgan fingerprint density at radius 1 is 1.36 bits per heavy atom.